The number of nitrogens with zero attached hydrogens (tertiary/aromatic N) is 2. The van der Waals surface area contributed by atoms with Gasteiger partial charge in [0.25, 0.3) is 0 Å². The van der Waals surface area contributed by atoms with Gasteiger partial charge >= 0.3 is 0 Å². The molecule has 3 rings (SSSR count). The standard InChI is InChI=1S/C14H19N3S/c1-9(2)17(7-10-3-4-10)11-5-6-12-14(13(11)15)16-8-18-12/h5-6,8-10H,3-4,7,15H2,1-2H3. The van der Waals surface area contributed by atoms with Crippen LogP contribution in [0.2, 0.25) is 0 Å². The van der Waals surface area contributed by atoms with Gasteiger partial charge in [-0.3, -0.25) is 0 Å². The average Bonchev–Trinajstić information content (AvgIpc) is 3.02. The molecule has 1 aromatic heterocycles. The minimum absolute atomic E-state index is 0.476. The maximum atomic E-state index is 6.30. The van der Waals surface area contributed by atoms with Crippen molar-refractivity contribution in [2.45, 2.75) is 32.7 Å². The second-order valence-electron chi connectivity index (χ2n) is 5.39. The molecule has 2 aromatic rings. The van der Waals surface area contributed by atoms with E-state index in [1.165, 1.54) is 17.5 Å². The highest BCUT2D eigenvalue weighted by atomic mass is 32.1. The van der Waals surface area contributed by atoms with Crippen LogP contribution in [0.5, 0.6) is 0 Å². The molecule has 0 saturated heterocycles. The van der Waals surface area contributed by atoms with Gasteiger partial charge in [0.05, 0.1) is 21.6 Å². The van der Waals surface area contributed by atoms with Crippen LogP contribution in [0.15, 0.2) is 17.6 Å². The molecular formula is C14H19N3S. The number of hydrogen-bond acceptors (Lipinski definition) is 4. The van der Waals surface area contributed by atoms with Crippen LogP contribution in [0.4, 0.5) is 11.4 Å². The van der Waals surface area contributed by atoms with E-state index in [0.29, 0.717) is 6.04 Å². The number of fused-ring (bicyclic) bond motifs is 1. The summed E-state index contributed by atoms with van der Waals surface area (Å²) < 4.78 is 1.17. The molecule has 0 bridgehead atoms. The minimum atomic E-state index is 0.476. The van der Waals surface area contributed by atoms with Gasteiger partial charge in [-0.15, -0.1) is 11.3 Å². The fraction of sp³-hybridized carbons (Fsp3) is 0.500. The lowest BCUT2D eigenvalue weighted by molar-refractivity contribution is 0.646. The number of thiazole rings is 1. The molecule has 2 N–H and O–H groups in total. The monoisotopic (exact) mass is 261 g/mol. The second-order valence-corrected chi connectivity index (χ2v) is 6.27. The van der Waals surface area contributed by atoms with E-state index in [1.807, 2.05) is 5.51 Å². The van der Waals surface area contributed by atoms with Crippen LogP contribution in [-0.4, -0.2) is 17.6 Å². The quantitative estimate of drug-likeness (QED) is 0.856. The largest absolute Gasteiger partial charge is 0.395 e. The number of nitrogens with two attached hydrogens (primary N) is 1. The number of rotatable bonds is 4. The summed E-state index contributed by atoms with van der Waals surface area (Å²) in [7, 11) is 0. The summed E-state index contributed by atoms with van der Waals surface area (Å²) in [5.41, 5.74) is 11.1. The third-order valence-corrected chi connectivity index (χ3v) is 4.40. The summed E-state index contributed by atoms with van der Waals surface area (Å²) in [5, 5.41) is 0. The van der Waals surface area contributed by atoms with Crippen molar-refractivity contribution in [3.63, 3.8) is 0 Å². The molecule has 0 amide bonds. The van der Waals surface area contributed by atoms with Gasteiger partial charge in [0, 0.05) is 12.6 Å². The topological polar surface area (TPSA) is 42.2 Å². The first-order chi connectivity index (χ1) is 8.66. The van der Waals surface area contributed by atoms with Crippen molar-refractivity contribution in [2.24, 2.45) is 5.92 Å². The minimum Gasteiger partial charge on any atom is -0.395 e. The predicted molar refractivity (Wildman–Crippen MR) is 79.2 cm³/mol. The van der Waals surface area contributed by atoms with Gasteiger partial charge in [-0.1, -0.05) is 0 Å². The van der Waals surface area contributed by atoms with Crippen molar-refractivity contribution in [1.82, 2.24) is 4.98 Å². The lowest BCUT2D eigenvalue weighted by atomic mass is 10.1. The molecule has 0 unspecified atom stereocenters. The maximum Gasteiger partial charge on any atom is 0.106 e. The molecule has 0 radical (unpaired) electrons. The third-order valence-electron chi connectivity index (χ3n) is 3.60. The Balaban J connectivity index is 2.01. The van der Waals surface area contributed by atoms with Crippen LogP contribution in [0, 0.1) is 5.92 Å². The van der Waals surface area contributed by atoms with Crippen LogP contribution >= 0.6 is 11.3 Å². The molecule has 18 heavy (non-hydrogen) atoms. The van der Waals surface area contributed by atoms with Crippen molar-refractivity contribution in [2.75, 3.05) is 17.2 Å². The Labute approximate surface area is 112 Å². The number of aromatic nitrogens is 1. The fourth-order valence-electron chi connectivity index (χ4n) is 2.36. The Morgan fingerprint density at radius 2 is 2.22 bits per heavy atom. The number of nitrogen functional groups attached to an aromatic ring is 1. The third kappa shape index (κ3) is 2.05. The smallest absolute Gasteiger partial charge is 0.106 e. The molecule has 0 spiro atoms. The molecule has 96 valence electrons. The Hall–Kier alpha value is -1.29. The van der Waals surface area contributed by atoms with Crippen LogP contribution in [0.3, 0.4) is 0 Å². The summed E-state index contributed by atoms with van der Waals surface area (Å²) in [4.78, 5) is 6.80. The molecule has 0 atom stereocenters. The van der Waals surface area contributed by atoms with Crippen molar-refractivity contribution < 1.29 is 0 Å². The average molecular weight is 261 g/mol. The van der Waals surface area contributed by atoms with Gasteiger partial charge in [-0.05, 0) is 44.7 Å². The van der Waals surface area contributed by atoms with E-state index in [4.69, 9.17) is 5.73 Å². The summed E-state index contributed by atoms with van der Waals surface area (Å²) in [6, 6.07) is 4.77. The van der Waals surface area contributed by atoms with Gasteiger partial charge in [-0.2, -0.15) is 0 Å². The normalized spacial score (nSPS) is 15.5. The second kappa shape index (κ2) is 4.43. The van der Waals surface area contributed by atoms with E-state index in [2.05, 4.69) is 35.9 Å². The lowest BCUT2D eigenvalue weighted by Gasteiger charge is -2.30. The zero-order valence-electron chi connectivity index (χ0n) is 10.9. The molecule has 1 saturated carbocycles. The summed E-state index contributed by atoms with van der Waals surface area (Å²) in [6.45, 7) is 5.58. The molecule has 1 aromatic carbocycles. The van der Waals surface area contributed by atoms with Gasteiger partial charge in [0.1, 0.15) is 5.52 Å². The van der Waals surface area contributed by atoms with E-state index in [1.54, 1.807) is 11.3 Å². The number of benzene rings is 1. The van der Waals surface area contributed by atoms with Crippen LogP contribution in [-0.2, 0) is 0 Å². The molecule has 0 aliphatic heterocycles. The summed E-state index contributed by atoms with van der Waals surface area (Å²) in [5.74, 6) is 0.859. The molecule has 1 heterocycles. The van der Waals surface area contributed by atoms with Gasteiger partial charge in [0.2, 0.25) is 0 Å². The summed E-state index contributed by atoms with van der Waals surface area (Å²) in [6.07, 6.45) is 2.73. The highest BCUT2D eigenvalue weighted by Crippen LogP contribution is 2.37. The first kappa shape index (κ1) is 11.8. The Kier molecular flexibility index (Phi) is 2.90. The Bertz CT molecular complexity index is 557. The highest BCUT2D eigenvalue weighted by molar-refractivity contribution is 7.16. The van der Waals surface area contributed by atoms with E-state index < -0.39 is 0 Å². The molecule has 1 fully saturated rings. The van der Waals surface area contributed by atoms with E-state index in [0.717, 1.165) is 29.4 Å². The molecule has 3 nitrogen and oxygen atoms in total. The summed E-state index contributed by atoms with van der Waals surface area (Å²) >= 11 is 1.65. The lowest BCUT2D eigenvalue weighted by Crippen LogP contribution is -2.33. The fourth-order valence-corrected chi connectivity index (χ4v) is 3.05. The van der Waals surface area contributed by atoms with Crippen molar-refractivity contribution >= 4 is 32.9 Å². The SMILES string of the molecule is CC(C)N(CC1CC1)c1ccc2scnc2c1N. The van der Waals surface area contributed by atoms with Crippen molar-refractivity contribution in [3.8, 4) is 0 Å². The highest BCUT2D eigenvalue weighted by Gasteiger charge is 2.26. The maximum absolute atomic E-state index is 6.30. The molecule has 1 aliphatic rings. The molecule has 1 aliphatic carbocycles. The molecule has 4 heteroatoms. The van der Waals surface area contributed by atoms with E-state index in [9.17, 15) is 0 Å². The van der Waals surface area contributed by atoms with Crippen LogP contribution in [0.1, 0.15) is 26.7 Å². The molecular weight excluding hydrogens is 242 g/mol. The van der Waals surface area contributed by atoms with Crippen LogP contribution in [0.25, 0.3) is 10.2 Å². The Morgan fingerprint density at radius 1 is 1.44 bits per heavy atom. The predicted octanol–water partition coefficient (Wildman–Crippen LogP) is 3.50. The number of hydrogen-bond donors (Lipinski definition) is 1. The zero-order valence-corrected chi connectivity index (χ0v) is 11.7. The van der Waals surface area contributed by atoms with Crippen molar-refractivity contribution in [3.05, 3.63) is 17.6 Å². The van der Waals surface area contributed by atoms with E-state index in [-0.39, 0.29) is 0 Å². The Morgan fingerprint density at radius 3 is 2.89 bits per heavy atom. The van der Waals surface area contributed by atoms with Gasteiger partial charge in [-0.25, -0.2) is 4.98 Å². The first-order valence-electron chi connectivity index (χ1n) is 6.55. The zero-order chi connectivity index (χ0) is 12.7. The number of anilines is 2. The van der Waals surface area contributed by atoms with Crippen LogP contribution < -0.4 is 10.6 Å². The van der Waals surface area contributed by atoms with Gasteiger partial charge in [0.15, 0.2) is 0 Å². The van der Waals surface area contributed by atoms with E-state index >= 15 is 0 Å². The first-order valence-corrected chi connectivity index (χ1v) is 7.43. The van der Waals surface area contributed by atoms with Crippen molar-refractivity contribution in [1.29, 1.82) is 0 Å². The van der Waals surface area contributed by atoms with Gasteiger partial charge < -0.3 is 10.6 Å².